The van der Waals surface area contributed by atoms with Crippen LogP contribution in [0.25, 0.3) is 0 Å². The van der Waals surface area contributed by atoms with Gasteiger partial charge in [0, 0.05) is 24.4 Å². The number of hydrogen-bond acceptors (Lipinski definition) is 6. The number of amides is 2. The summed E-state index contributed by atoms with van der Waals surface area (Å²) in [5, 5.41) is 5.17. The molecule has 0 radical (unpaired) electrons. The topological polar surface area (TPSA) is 106 Å². The van der Waals surface area contributed by atoms with Crippen LogP contribution in [0, 0.1) is 5.92 Å². The average molecular weight is 459 g/mol. The molecule has 1 fully saturated rings. The number of nitrogens with one attached hydrogen (secondary N) is 2. The monoisotopic (exact) mass is 459 g/mol. The van der Waals surface area contributed by atoms with Crippen LogP contribution in [0.1, 0.15) is 41.9 Å². The summed E-state index contributed by atoms with van der Waals surface area (Å²) in [6.07, 6.45) is -1.64. The van der Waals surface area contributed by atoms with Gasteiger partial charge in [-0.2, -0.15) is 22.0 Å². The Hall–Kier alpha value is -3.38. The van der Waals surface area contributed by atoms with Crippen molar-refractivity contribution in [3.05, 3.63) is 41.9 Å². The SMILES string of the molecule is CC(NC(=O)c1ccnc(NC(=O)C2CC2)n1)c1ccc(OCC(F)(F)C(F)(F)F)nc1. The lowest BCUT2D eigenvalue weighted by Gasteiger charge is -2.19. The number of anilines is 1. The Morgan fingerprint density at radius 2 is 1.88 bits per heavy atom. The zero-order valence-corrected chi connectivity index (χ0v) is 16.6. The van der Waals surface area contributed by atoms with Crippen molar-refractivity contribution in [3.8, 4) is 5.88 Å². The summed E-state index contributed by atoms with van der Waals surface area (Å²) in [6.45, 7) is -0.299. The Morgan fingerprint density at radius 3 is 2.47 bits per heavy atom. The van der Waals surface area contributed by atoms with Crippen LogP contribution in [0.15, 0.2) is 30.6 Å². The number of halogens is 5. The molecule has 0 saturated heterocycles. The molecule has 1 saturated carbocycles. The first-order chi connectivity index (χ1) is 15.0. The van der Waals surface area contributed by atoms with Gasteiger partial charge in [-0.25, -0.2) is 15.0 Å². The molecule has 8 nitrogen and oxygen atoms in total. The van der Waals surface area contributed by atoms with E-state index in [2.05, 4.69) is 30.3 Å². The fraction of sp³-hybridized carbons (Fsp3) is 0.421. The molecule has 0 aromatic carbocycles. The van der Waals surface area contributed by atoms with Crippen LogP contribution in [0.4, 0.5) is 27.9 Å². The third-order valence-electron chi connectivity index (χ3n) is 4.49. The van der Waals surface area contributed by atoms with E-state index in [9.17, 15) is 31.5 Å². The minimum absolute atomic E-state index is 0.000224. The van der Waals surface area contributed by atoms with Gasteiger partial charge >= 0.3 is 12.1 Å². The summed E-state index contributed by atoms with van der Waals surface area (Å²) in [5.41, 5.74) is 0.435. The van der Waals surface area contributed by atoms with Crippen molar-refractivity contribution in [2.24, 2.45) is 5.92 Å². The van der Waals surface area contributed by atoms with E-state index in [1.165, 1.54) is 24.5 Å². The number of aromatic nitrogens is 3. The largest absolute Gasteiger partial charge is 0.471 e. The second kappa shape index (κ2) is 9.01. The van der Waals surface area contributed by atoms with E-state index in [4.69, 9.17) is 0 Å². The van der Waals surface area contributed by atoms with Gasteiger partial charge < -0.3 is 10.1 Å². The fourth-order valence-electron chi connectivity index (χ4n) is 2.44. The molecule has 0 spiro atoms. The number of nitrogens with zero attached hydrogens (tertiary/aromatic N) is 3. The second-order valence-corrected chi connectivity index (χ2v) is 7.14. The van der Waals surface area contributed by atoms with E-state index in [0.29, 0.717) is 5.56 Å². The molecule has 2 aromatic rings. The minimum Gasteiger partial charge on any atom is -0.471 e. The van der Waals surface area contributed by atoms with Crippen LogP contribution in [-0.4, -0.2) is 45.5 Å². The van der Waals surface area contributed by atoms with Crippen molar-refractivity contribution >= 4 is 17.8 Å². The molecule has 2 N–H and O–H groups in total. The normalized spacial score (nSPS) is 15.1. The van der Waals surface area contributed by atoms with E-state index in [-0.39, 0.29) is 23.5 Å². The molecule has 2 amide bonds. The first-order valence-electron chi connectivity index (χ1n) is 9.44. The Bertz CT molecular complexity index is 980. The number of carbonyl (C=O) groups is 2. The summed E-state index contributed by atoms with van der Waals surface area (Å²) in [7, 11) is 0. The predicted molar refractivity (Wildman–Crippen MR) is 100 cm³/mol. The molecule has 0 aliphatic heterocycles. The van der Waals surface area contributed by atoms with Gasteiger partial charge in [0.1, 0.15) is 5.69 Å². The van der Waals surface area contributed by atoms with Crippen LogP contribution in [0.3, 0.4) is 0 Å². The van der Waals surface area contributed by atoms with E-state index in [1.807, 2.05) is 0 Å². The number of pyridine rings is 1. The molecule has 3 rings (SSSR count). The lowest BCUT2D eigenvalue weighted by Crippen LogP contribution is -2.41. The zero-order valence-electron chi connectivity index (χ0n) is 16.6. The minimum atomic E-state index is -5.73. The van der Waals surface area contributed by atoms with Crippen LogP contribution >= 0.6 is 0 Å². The van der Waals surface area contributed by atoms with Crippen LogP contribution < -0.4 is 15.4 Å². The Balaban J connectivity index is 1.56. The molecule has 172 valence electrons. The van der Waals surface area contributed by atoms with Gasteiger partial charge in [-0.1, -0.05) is 6.07 Å². The van der Waals surface area contributed by atoms with E-state index >= 15 is 0 Å². The molecule has 32 heavy (non-hydrogen) atoms. The summed E-state index contributed by atoms with van der Waals surface area (Å²) in [5.74, 6) is -6.29. The number of carbonyl (C=O) groups excluding carboxylic acids is 2. The van der Waals surface area contributed by atoms with Gasteiger partial charge in [-0.3, -0.25) is 14.9 Å². The Kier molecular flexibility index (Phi) is 6.55. The molecule has 0 bridgehead atoms. The average Bonchev–Trinajstić information content (AvgIpc) is 3.57. The van der Waals surface area contributed by atoms with Crippen molar-refractivity contribution in [1.82, 2.24) is 20.3 Å². The maximum Gasteiger partial charge on any atom is 0.456 e. The highest BCUT2D eigenvalue weighted by atomic mass is 19.4. The van der Waals surface area contributed by atoms with Gasteiger partial charge in [-0.05, 0) is 31.4 Å². The second-order valence-electron chi connectivity index (χ2n) is 7.14. The van der Waals surface area contributed by atoms with Crippen LogP contribution in [0.2, 0.25) is 0 Å². The number of ether oxygens (including phenoxy) is 1. The van der Waals surface area contributed by atoms with Crippen molar-refractivity contribution in [2.75, 3.05) is 11.9 Å². The van der Waals surface area contributed by atoms with Gasteiger partial charge in [0.2, 0.25) is 17.7 Å². The molecule has 2 aromatic heterocycles. The van der Waals surface area contributed by atoms with Gasteiger partial charge in [-0.15, -0.1) is 0 Å². The predicted octanol–water partition coefficient (Wildman–Crippen LogP) is 3.29. The highest BCUT2D eigenvalue weighted by Gasteiger charge is 2.58. The van der Waals surface area contributed by atoms with Crippen LogP contribution in [0.5, 0.6) is 5.88 Å². The summed E-state index contributed by atoms with van der Waals surface area (Å²) in [6, 6.07) is 3.21. The molecule has 1 aliphatic carbocycles. The fourth-order valence-corrected chi connectivity index (χ4v) is 2.44. The first-order valence-corrected chi connectivity index (χ1v) is 9.44. The Labute approximate surface area is 178 Å². The number of alkyl halides is 5. The number of hydrogen-bond donors (Lipinski definition) is 2. The molecule has 1 aliphatic rings. The first kappa shape index (κ1) is 23.3. The van der Waals surface area contributed by atoms with Crippen molar-refractivity contribution < 1.29 is 36.3 Å². The van der Waals surface area contributed by atoms with Crippen LogP contribution in [-0.2, 0) is 4.79 Å². The lowest BCUT2D eigenvalue weighted by atomic mass is 10.1. The van der Waals surface area contributed by atoms with Crippen molar-refractivity contribution in [1.29, 1.82) is 0 Å². The van der Waals surface area contributed by atoms with Crippen molar-refractivity contribution in [2.45, 2.75) is 37.9 Å². The smallest absolute Gasteiger partial charge is 0.456 e. The van der Waals surface area contributed by atoms with Gasteiger partial charge in [0.25, 0.3) is 5.91 Å². The summed E-state index contributed by atoms with van der Waals surface area (Å²) >= 11 is 0. The standard InChI is InChI=1S/C19H18F5N5O3/c1-10(12-4-5-14(26-8-12)32-9-18(20,21)19(22,23)24)27-16(31)13-6-7-25-17(28-13)29-15(30)11-2-3-11/h4-8,10-11H,2-3,9H2,1H3,(H,27,31)(H,25,28,29,30). The molecule has 1 unspecified atom stereocenters. The van der Waals surface area contributed by atoms with Gasteiger partial charge in [0.05, 0.1) is 6.04 Å². The van der Waals surface area contributed by atoms with E-state index < -0.39 is 36.5 Å². The highest BCUT2D eigenvalue weighted by molar-refractivity contribution is 5.95. The maximum atomic E-state index is 12.9. The third kappa shape index (κ3) is 5.86. The number of rotatable bonds is 8. The molecular weight excluding hydrogens is 441 g/mol. The molecule has 2 heterocycles. The summed E-state index contributed by atoms with van der Waals surface area (Å²) < 4.78 is 66.8. The zero-order chi connectivity index (χ0) is 23.5. The maximum absolute atomic E-state index is 12.9. The third-order valence-corrected chi connectivity index (χ3v) is 4.49. The highest BCUT2D eigenvalue weighted by Crippen LogP contribution is 2.35. The van der Waals surface area contributed by atoms with Gasteiger partial charge in [0.15, 0.2) is 6.61 Å². The molecule has 1 atom stereocenters. The summed E-state index contributed by atoms with van der Waals surface area (Å²) in [4.78, 5) is 35.8. The molecular formula is C19H18F5N5O3. The molecule has 13 heteroatoms. The van der Waals surface area contributed by atoms with Crippen molar-refractivity contribution in [3.63, 3.8) is 0 Å². The Morgan fingerprint density at radius 1 is 1.16 bits per heavy atom. The van der Waals surface area contributed by atoms with E-state index in [0.717, 1.165) is 18.9 Å². The quantitative estimate of drug-likeness (QED) is 0.587. The lowest BCUT2D eigenvalue weighted by molar-refractivity contribution is -0.290. The van der Waals surface area contributed by atoms with E-state index in [1.54, 1.807) is 6.92 Å².